The zero-order valence-electron chi connectivity index (χ0n) is 10.5. The summed E-state index contributed by atoms with van der Waals surface area (Å²) in [4.78, 5) is 43.5. The van der Waals surface area contributed by atoms with Crippen molar-refractivity contribution in [2.45, 2.75) is 24.9 Å². The first-order chi connectivity index (χ1) is 9.27. The van der Waals surface area contributed by atoms with Crippen molar-refractivity contribution in [3.8, 4) is 0 Å². The number of aliphatic hydroxyl groups excluding tert-OH is 1. The summed E-state index contributed by atoms with van der Waals surface area (Å²) in [6, 6.07) is -2.50. The summed E-state index contributed by atoms with van der Waals surface area (Å²) in [5.74, 6) is -4.05. The van der Waals surface area contributed by atoms with Gasteiger partial charge in [0, 0.05) is 6.42 Å². The summed E-state index contributed by atoms with van der Waals surface area (Å²) in [6.45, 7) is -1.36. The highest BCUT2D eigenvalue weighted by atomic mass is 16.4. The molecule has 0 aromatic carbocycles. The standard InChI is InChI=1S/C10H17N3O7/c11-5(10(19)20)1-2-7(15)13-6(4-14)9(18)12-3-8(16)17/h5-6,14H,1-4,11H2,(H,12,18)(H,13,15)(H,16,17)(H,19,20). The summed E-state index contributed by atoms with van der Waals surface area (Å²) >= 11 is 0. The number of aliphatic hydroxyl groups is 1. The molecular formula is C10H17N3O7. The molecule has 0 saturated heterocycles. The predicted octanol–water partition coefficient (Wildman–Crippen LogP) is -3.14. The largest absolute Gasteiger partial charge is 0.480 e. The number of carbonyl (C=O) groups is 4. The van der Waals surface area contributed by atoms with E-state index in [1.807, 2.05) is 5.32 Å². The van der Waals surface area contributed by atoms with Crippen LogP contribution in [0.2, 0.25) is 0 Å². The van der Waals surface area contributed by atoms with E-state index in [4.69, 9.17) is 21.1 Å². The molecule has 0 aromatic heterocycles. The molecule has 0 spiro atoms. The first kappa shape index (κ1) is 17.8. The van der Waals surface area contributed by atoms with Crippen LogP contribution >= 0.6 is 0 Å². The Morgan fingerprint density at radius 3 is 2.20 bits per heavy atom. The van der Waals surface area contributed by atoms with Crippen molar-refractivity contribution in [2.24, 2.45) is 5.73 Å². The van der Waals surface area contributed by atoms with Crippen molar-refractivity contribution < 1.29 is 34.5 Å². The van der Waals surface area contributed by atoms with Crippen molar-refractivity contribution in [2.75, 3.05) is 13.2 Å². The quantitative estimate of drug-likeness (QED) is 0.258. The van der Waals surface area contributed by atoms with Crippen LogP contribution in [0.1, 0.15) is 12.8 Å². The molecule has 114 valence electrons. The van der Waals surface area contributed by atoms with Gasteiger partial charge >= 0.3 is 11.9 Å². The molecule has 0 rings (SSSR count). The third-order valence-electron chi connectivity index (χ3n) is 2.25. The number of nitrogens with one attached hydrogen (secondary N) is 2. The predicted molar refractivity (Wildman–Crippen MR) is 64.5 cm³/mol. The lowest BCUT2D eigenvalue weighted by Gasteiger charge is -2.15. The Kier molecular flexibility index (Phi) is 7.85. The van der Waals surface area contributed by atoms with Crippen LogP contribution in [0.15, 0.2) is 0 Å². The Labute approximate surface area is 113 Å². The number of carboxylic acid groups (broad SMARTS) is 2. The van der Waals surface area contributed by atoms with Gasteiger partial charge in [0.2, 0.25) is 11.8 Å². The van der Waals surface area contributed by atoms with E-state index in [9.17, 15) is 19.2 Å². The van der Waals surface area contributed by atoms with E-state index in [-0.39, 0.29) is 12.8 Å². The molecule has 0 aliphatic carbocycles. The molecule has 0 aliphatic heterocycles. The molecule has 0 saturated carbocycles. The Balaban J connectivity index is 4.21. The summed E-state index contributed by atoms with van der Waals surface area (Å²) in [6.07, 6.45) is -0.369. The van der Waals surface area contributed by atoms with Gasteiger partial charge < -0.3 is 31.7 Å². The van der Waals surface area contributed by atoms with Crippen molar-refractivity contribution in [1.82, 2.24) is 10.6 Å². The topological polar surface area (TPSA) is 179 Å². The summed E-state index contributed by atoms with van der Waals surface area (Å²) < 4.78 is 0. The van der Waals surface area contributed by atoms with Gasteiger partial charge in [-0.3, -0.25) is 19.2 Å². The molecule has 0 radical (unpaired) electrons. The fourth-order valence-corrected chi connectivity index (χ4v) is 1.16. The normalized spacial score (nSPS) is 13.1. The Hall–Kier alpha value is -2.20. The number of nitrogens with two attached hydrogens (primary N) is 1. The van der Waals surface area contributed by atoms with Gasteiger partial charge in [-0.1, -0.05) is 0 Å². The van der Waals surface area contributed by atoms with Crippen LogP contribution < -0.4 is 16.4 Å². The number of carboxylic acids is 2. The zero-order chi connectivity index (χ0) is 15.7. The van der Waals surface area contributed by atoms with Crippen LogP contribution in [-0.2, 0) is 19.2 Å². The second-order valence-corrected chi connectivity index (χ2v) is 3.90. The summed E-state index contributed by atoms with van der Waals surface area (Å²) in [7, 11) is 0. The number of hydrogen-bond acceptors (Lipinski definition) is 6. The Morgan fingerprint density at radius 2 is 1.75 bits per heavy atom. The highest BCUT2D eigenvalue weighted by Crippen LogP contribution is 1.96. The molecule has 2 amide bonds. The molecule has 7 N–H and O–H groups in total. The fraction of sp³-hybridized carbons (Fsp3) is 0.600. The molecule has 0 fully saturated rings. The molecule has 0 bridgehead atoms. The molecule has 10 nitrogen and oxygen atoms in total. The molecule has 0 heterocycles. The first-order valence-corrected chi connectivity index (χ1v) is 5.66. The second kappa shape index (κ2) is 8.82. The van der Waals surface area contributed by atoms with E-state index in [0.717, 1.165) is 0 Å². The van der Waals surface area contributed by atoms with Gasteiger partial charge in [-0.25, -0.2) is 0 Å². The van der Waals surface area contributed by atoms with E-state index in [1.54, 1.807) is 0 Å². The Bertz CT molecular complexity index is 385. The van der Waals surface area contributed by atoms with Crippen molar-refractivity contribution in [1.29, 1.82) is 0 Å². The number of carbonyl (C=O) groups excluding carboxylic acids is 2. The number of hydrogen-bond donors (Lipinski definition) is 6. The van der Waals surface area contributed by atoms with Crippen LogP contribution in [-0.4, -0.2) is 64.3 Å². The van der Waals surface area contributed by atoms with Crippen LogP contribution in [0.25, 0.3) is 0 Å². The maximum absolute atomic E-state index is 11.4. The number of amides is 2. The van der Waals surface area contributed by atoms with E-state index < -0.39 is 49.0 Å². The van der Waals surface area contributed by atoms with Crippen molar-refractivity contribution in [3.05, 3.63) is 0 Å². The average Bonchev–Trinajstić information content (AvgIpc) is 2.38. The van der Waals surface area contributed by atoms with Crippen LogP contribution in [0, 0.1) is 0 Å². The average molecular weight is 291 g/mol. The van der Waals surface area contributed by atoms with E-state index >= 15 is 0 Å². The third-order valence-corrected chi connectivity index (χ3v) is 2.25. The fourth-order valence-electron chi connectivity index (χ4n) is 1.16. The van der Waals surface area contributed by atoms with Crippen LogP contribution in [0.5, 0.6) is 0 Å². The lowest BCUT2D eigenvalue weighted by atomic mass is 10.1. The second-order valence-electron chi connectivity index (χ2n) is 3.90. The molecule has 2 unspecified atom stereocenters. The lowest BCUT2D eigenvalue weighted by molar-refractivity contribution is -0.139. The van der Waals surface area contributed by atoms with Gasteiger partial charge in [0.15, 0.2) is 0 Å². The molecule has 0 aromatic rings. The minimum Gasteiger partial charge on any atom is -0.480 e. The molecule has 10 heteroatoms. The van der Waals surface area contributed by atoms with Gasteiger partial charge in [0.05, 0.1) is 6.61 Å². The van der Waals surface area contributed by atoms with Gasteiger partial charge in [0.1, 0.15) is 18.6 Å². The molecule has 20 heavy (non-hydrogen) atoms. The van der Waals surface area contributed by atoms with Gasteiger partial charge in [-0.15, -0.1) is 0 Å². The van der Waals surface area contributed by atoms with Gasteiger partial charge in [-0.2, -0.15) is 0 Å². The van der Waals surface area contributed by atoms with E-state index in [0.29, 0.717) is 0 Å². The Morgan fingerprint density at radius 1 is 1.15 bits per heavy atom. The monoisotopic (exact) mass is 291 g/mol. The third kappa shape index (κ3) is 7.28. The summed E-state index contributed by atoms with van der Waals surface area (Å²) in [5.41, 5.74) is 5.20. The SMILES string of the molecule is NC(CCC(=O)NC(CO)C(=O)NCC(=O)O)C(=O)O. The highest BCUT2D eigenvalue weighted by Gasteiger charge is 2.21. The molecule has 0 aliphatic rings. The van der Waals surface area contributed by atoms with Gasteiger partial charge in [-0.05, 0) is 6.42 Å². The highest BCUT2D eigenvalue weighted by molar-refractivity contribution is 5.89. The van der Waals surface area contributed by atoms with E-state index in [1.165, 1.54) is 0 Å². The van der Waals surface area contributed by atoms with E-state index in [2.05, 4.69) is 5.32 Å². The van der Waals surface area contributed by atoms with Gasteiger partial charge in [0.25, 0.3) is 0 Å². The summed E-state index contributed by atoms with van der Waals surface area (Å²) in [5, 5.41) is 29.9. The maximum atomic E-state index is 11.4. The minimum atomic E-state index is -1.30. The van der Waals surface area contributed by atoms with Crippen molar-refractivity contribution >= 4 is 23.8 Å². The van der Waals surface area contributed by atoms with Crippen molar-refractivity contribution in [3.63, 3.8) is 0 Å². The molecule has 2 atom stereocenters. The lowest BCUT2D eigenvalue weighted by Crippen LogP contribution is -2.50. The minimum absolute atomic E-state index is 0.129. The van der Waals surface area contributed by atoms with Crippen LogP contribution in [0.4, 0.5) is 0 Å². The van der Waals surface area contributed by atoms with Crippen LogP contribution in [0.3, 0.4) is 0 Å². The number of rotatable bonds is 9. The zero-order valence-corrected chi connectivity index (χ0v) is 10.5. The smallest absolute Gasteiger partial charge is 0.322 e. The number of aliphatic carboxylic acids is 2. The molecular weight excluding hydrogens is 274 g/mol. The maximum Gasteiger partial charge on any atom is 0.322 e. The first-order valence-electron chi connectivity index (χ1n) is 5.66.